The summed E-state index contributed by atoms with van der Waals surface area (Å²) in [7, 11) is 1.64. The van der Waals surface area contributed by atoms with E-state index in [0.717, 1.165) is 27.7 Å². The highest BCUT2D eigenvalue weighted by Gasteiger charge is 2.39. The summed E-state index contributed by atoms with van der Waals surface area (Å²) >= 11 is 3.61. The van der Waals surface area contributed by atoms with Gasteiger partial charge in [0.15, 0.2) is 11.5 Å². The van der Waals surface area contributed by atoms with Crippen LogP contribution in [0.5, 0.6) is 11.5 Å². The number of allylic oxidation sites excluding steroid dienone is 2. The van der Waals surface area contributed by atoms with Crippen molar-refractivity contribution in [1.82, 2.24) is 0 Å². The fourth-order valence-electron chi connectivity index (χ4n) is 4.23. The van der Waals surface area contributed by atoms with Crippen molar-refractivity contribution in [2.75, 3.05) is 19.0 Å². The minimum atomic E-state index is -0.339. The van der Waals surface area contributed by atoms with Crippen molar-refractivity contribution >= 4 is 27.3 Å². The van der Waals surface area contributed by atoms with Gasteiger partial charge in [-0.3, -0.25) is 10.1 Å². The van der Waals surface area contributed by atoms with Crippen molar-refractivity contribution in [1.29, 1.82) is 0 Å². The predicted molar refractivity (Wildman–Crippen MR) is 111 cm³/mol. The fourth-order valence-corrected chi connectivity index (χ4v) is 4.80. The molecule has 0 amide bonds. The Balaban J connectivity index is 1.76. The smallest absolute Gasteiger partial charge is 0.269 e. The van der Waals surface area contributed by atoms with Gasteiger partial charge in [-0.25, -0.2) is 0 Å². The molecule has 0 saturated carbocycles. The summed E-state index contributed by atoms with van der Waals surface area (Å²) in [5, 5.41) is 14.8. The molecule has 7 heteroatoms. The second kappa shape index (κ2) is 7.47. The number of anilines is 1. The average molecular weight is 445 g/mol. The van der Waals surface area contributed by atoms with Crippen LogP contribution in [0.2, 0.25) is 0 Å². The van der Waals surface area contributed by atoms with Gasteiger partial charge in [0.2, 0.25) is 0 Å². The number of nitrogens with one attached hydrogen (secondary N) is 1. The molecule has 3 atom stereocenters. The van der Waals surface area contributed by atoms with Crippen LogP contribution < -0.4 is 14.8 Å². The second-order valence-corrected chi connectivity index (χ2v) is 7.83. The molecule has 2 aliphatic rings. The van der Waals surface area contributed by atoms with Crippen molar-refractivity contribution < 1.29 is 14.4 Å². The topological polar surface area (TPSA) is 73.6 Å². The quantitative estimate of drug-likeness (QED) is 0.369. The molecule has 0 fully saturated rings. The lowest BCUT2D eigenvalue weighted by Crippen LogP contribution is -2.29. The Morgan fingerprint density at radius 2 is 2.14 bits per heavy atom. The molecule has 6 nitrogen and oxygen atoms in total. The molecule has 1 N–H and O–H groups in total. The van der Waals surface area contributed by atoms with Crippen LogP contribution in [0.4, 0.5) is 11.4 Å². The highest BCUT2D eigenvalue weighted by molar-refractivity contribution is 9.10. The first-order valence-corrected chi connectivity index (χ1v) is 10.0. The third-order valence-corrected chi connectivity index (χ3v) is 6.05. The number of non-ortho nitro benzene ring substituents is 1. The number of hydrogen-bond acceptors (Lipinski definition) is 5. The third kappa shape index (κ3) is 3.13. The number of nitro groups is 1. The van der Waals surface area contributed by atoms with Crippen molar-refractivity contribution in [3.05, 3.63) is 68.2 Å². The van der Waals surface area contributed by atoms with E-state index in [9.17, 15) is 10.1 Å². The molecule has 0 bridgehead atoms. The predicted octanol–water partition coefficient (Wildman–Crippen LogP) is 5.59. The van der Waals surface area contributed by atoms with Crippen LogP contribution in [0.3, 0.4) is 0 Å². The van der Waals surface area contributed by atoms with Gasteiger partial charge in [-0.05, 0) is 64.5 Å². The van der Waals surface area contributed by atoms with Gasteiger partial charge in [-0.15, -0.1) is 0 Å². The maximum atomic E-state index is 11.2. The molecule has 0 unspecified atom stereocenters. The summed E-state index contributed by atoms with van der Waals surface area (Å²) in [5.41, 5.74) is 3.15. The Hall–Kier alpha value is -2.54. The Morgan fingerprint density at radius 3 is 2.86 bits per heavy atom. The largest absolute Gasteiger partial charge is 0.493 e. The van der Waals surface area contributed by atoms with Gasteiger partial charge in [-0.1, -0.05) is 12.2 Å². The molecule has 0 spiro atoms. The maximum absolute atomic E-state index is 11.2. The van der Waals surface area contributed by atoms with Crippen LogP contribution in [0.15, 0.2) is 47.0 Å². The standard InChI is InChI=1S/C21H21BrN2O4/c1-3-28-21-17(22)9-12(10-19(21)27-2)20-15-6-4-5-14(15)16-11-13(24(25)26)7-8-18(16)23-20/h4-5,7-11,14-15,20,23H,3,6H2,1-2H3/t14-,15-,20+/m1/s1. The maximum Gasteiger partial charge on any atom is 0.269 e. The molecule has 1 aliphatic heterocycles. The van der Waals surface area contributed by atoms with Gasteiger partial charge in [0, 0.05) is 23.7 Å². The molecule has 1 aliphatic carbocycles. The summed E-state index contributed by atoms with van der Waals surface area (Å²) in [4.78, 5) is 10.9. The first-order valence-electron chi connectivity index (χ1n) is 9.25. The summed E-state index contributed by atoms with van der Waals surface area (Å²) in [6.07, 6.45) is 5.25. The average Bonchev–Trinajstić information content (AvgIpc) is 3.18. The number of benzene rings is 2. The van der Waals surface area contributed by atoms with Gasteiger partial charge >= 0.3 is 0 Å². The summed E-state index contributed by atoms with van der Waals surface area (Å²) in [6, 6.07) is 9.20. The number of fused-ring (bicyclic) bond motifs is 3. The van der Waals surface area contributed by atoms with E-state index in [1.54, 1.807) is 19.2 Å². The van der Waals surface area contributed by atoms with Crippen molar-refractivity contribution in [3.63, 3.8) is 0 Å². The van der Waals surface area contributed by atoms with E-state index in [0.29, 0.717) is 18.1 Å². The van der Waals surface area contributed by atoms with E-state index in [1.807, 2.05) is 19.1 Å². The van der Waals surface area contributed by atoms with Gasteiger partial charge in [0.25, 0.3) is 5.69 Å². The van der Waals surface area contributed by atoms with E-state index < -0.39 is 0 Å². The molecule has 2 aromatic rings. The van der Waals surface area contributed by atoms with Crippen molar-refractivity contribution in [3.8, 4) is 11.5 Å². The normalized spacial score (nSPS) is 22.2. The van der Waals surface area contributed by atoms with E-state index >= 15 is 0 Å². The minimum Gasteiger partial charge on any atom is -0.493 e. The summed E-state index contributed by atoms with van der Waals surface area (Å²) in [5.74, 6) is 1.81. The number of methoxy groups -OCH3 is 1. The number of halogens is 1. The molecule has 0 aromatic heterocycles. The highest BCUT2D eigenvalue weighted by Crippen LogP contribution is 2.51. The van der Waals surface area contributed by atoms with Crippen LogP contribution in [0.25, 0.3) is 0 Å². The molecule has 2 aromatic carbocycles. The van der Waals surface area contributed by atoms with E-state index in [4.69, 9.17) is 9.47 Å². The lowest BCUT2D eigenvalue weighted by Gasteiger charge is -2.37. The zero-order chi connectivity index (χ0) is 19.8. The van der Waals surface area contributed by atoms with Gasteiger partial charge in [0.05, 0.1) is 29.2 Å². The zero-order valence-electron chi connectivity index (χ0n) is 15.6. The van der Waals surface area contributed by atoms with E-state index in [2.05, 4.69) is 39.5 Å². The van der Waals surface area contributed by atoms with Crippen LogP contribution in [0, 0.1) is 16.0 Å². The lowest BCUT2D eigenvalue weighted by molar-refractivity contribution is -0.384. The third-order valence-electron chi connectivity index (χ3n) is 5.46. The molecule has 1 heterocycles. The number of hydrogen-bond donors (Lipinski definition) is 1. The number of nitrogens with zero attached hydrogens (tertiary/aromatic N) is 1. The lowest BCUT2D eigenvalue weighted by atomic mass is 9.77. The number of rotatable bonds is 5. The van der Waals surface area contributed by atoms with Crippen LogP contribution in [-0.2, 0) is 0 Å². The zero-order valence-corrected chi connectivity index (χ0v) is 17.2. The van der Waals surface area contributed by atoms with Crippen LogP contribution in [0.1, 0.15) is 36.4 Å². The highest BCUT2D eigenvalue weighted by atomic mass is 79.9. The van der Waals surface area contributed by atoms with Crippen LogP contribution >= 0.6 is 15.9 Å². The van der Waals surface area contributed by atoms with Crippen LogP contribution in [-0.4, -0.2) is 18.6 Å². The first-order chi connectivity index (χ1) is 13.5. The number of nitro benzene ring substituents is 1. The second-order valence-electron chi connectivity index (χ2n) is 6.97. The summed E-state index contributed by atoms with van der Waals surface area (Å²) in [6.45, 7) is 2.49. The van der Waals surface area contributed by atoms with Gasteiger partial charge < -0.3 is 14.8 Å². The molecule has 146 valence electrons. The number of ether oxygens (including phenoxy) is 2. The first kappa shape index (κ1) is 18.8. The molecule has 4 rings (SSSR count). The molecular formula is C21H21BrN2O4. The minimum absolute atomic E-state index is 0.0647. The molecule has 0 radical (unpaired) electrons. The Kier molecular flexibility index (Phi) is 5.02. The Morgan fingerprint density at radius 1 is 1.32 bits per heavy atom. The van der Waals surface area contributed by atoms with E-state index in [1.165, 1.54) is 0 Å². The molecular weight excluding hydrogens is 424 g/mol. The van der Waals surface area contributed by atoms with Crippen molar-refractivity contribution in [2.45, 2.75) is 25.3 Å². The SMILES string of the molecule is CCOc1c(Br)cc([C@@H]2Nc3ccc([N+](=O)[O-])cc3[C@@H]3C=CC[C@H]32)cc1OC. The Bertz CT molecular complexity index is 960. The van der Waals surface area contributed by atoms with Crippen molar-refractivity contribution in [2.24, 2.45) is 5.92 Å². The Labute approximate surface area is 171 Å². The molecule has 0 saturated heterocycles. The fraction of sp³-hybridized carbons (Fsp3) is 0.333. The summed E-state index contributed by atoms with van der Waals surface area (Å²) < 4.78 is 12.1. The molecule has 28 heavy (non-hydrogen) atoms. The van der Waals surface area contributed by atoms with Gasteiger partial charge in [0.1, 0.15) is 0 Å². The van der Waals surface area contributed by atoms with Gasteiger partial charge in [-0.2, -0.15) is 0 Å². The monoisotopic (exact) mass is 444 g/mol. The van der Waals surface area contributed by atoms with E-state index in [-0.39, 0.29) is 28.5 Å².